The normalized spacial score (nSPS) is 19.0. The molecule has 0 saturated heterocycles. The number of hydrogen-bond acceptors (Lipinski definition) is 3. The van der Waals surface area contributed by atoms with E-state index in [1.807, 2.05) is 6.92 Å². The van der Waals surface area contributed by atoms with Gasteiger partial charge in [-0.3, -0.25) is 0 Å². The lowest BCUT2D eigenvalue weighted by Gasteiger charge is -2.29. The fourth-order valence-electron chi connectivity index (χ4n) is 3.82. The van der Waals surface area contributed by atoms with Crippen molar-refractivity contribution in [2.45, 2.75) is 64.5 Å². The Bertz CT molecular complexity index is 589. The Morgan fingerprint density at radius 3 is 2.44 bits per heavy atom. The molecular weight excluding hydrogens is 341 g/mol. The highest BCUT2D eigenvalue weighted by Crippen LogP contribution is 2.29. The summed E-state index contributed by atoms with van der Waals surface area (Å²) in [7, 11) is 0. The Labute approximate surface area is 163 Å². The van der Waals surface area contributed by atoms with Gasteiger partial charge in [0.05, 0.1) is 0 Å². The minimum atomic E-state index is -0.618. The largest absolute Gasteiger partial charge is 0.491 e. The Balaban J connectivity index is 1.91. The van der Waals surface area contributed by atoms with E-state index >= 15 is 0 Å². The van der Waals surface area contributed by atoms with E-state index in [1.54, 1.807) is 12.1 Å². The van der Waals surface area contributed by atoms with Crippen molar-refractivity contribution in [1.82, 2.24) is 5.32 Å². The molecule has 0 aliphatic heterocycles. The molecule has 1 aliphatic carbocycles. The number of hydrogen-bond donors (Lipinski definition) is 2. The lowest BCUT2D eigenvalue weighted by molar-refractivity contribution is 0.102. The van der Waals surface area contributed by atoms with E-state index in [4.69, 9.17) is 4.74 Å². The number of halogens is 1. The molecule has 3 nitrogen and oxygen atoms in total. The molecule has 0 radical (unpaired) electrons. The van der Waals surface area contributed by atoms with Crippen LogP contribution >= 0.6 is 0 Å². The van der Waals surface area contributed by atoms with Crippen LogP contribution in [-0.2, 0) is 0 Å². The van der Waals surface area contributed by atoms with Crippen LogP contribution in [0.1, 0.15) is 52.4 Å². The van der Waals surface area contributed by atoms with E-state index in [0.29, 0.717) is 18.2 Å². The second-order valence-electron chi connectivity index (χ2n) is 7.34. The van der Waals surface area contributed by atoms with E-state index < -0.39 is 6.10 Å². The Hall–Kier alpha value is -1.65. The van der Waals surface area contributed by atoms with Gasteiger partial charge in [0.25, 0.3) is 0 Å². The lowest BCUT2D eigenvalue weighted by atomic mass is 9.86. The predicted octanol–water partition coefficient (Wildman–Crippen LogP) is 5.02. The van der Waals surface area contributed by atoms with Gasteiger partial charge in [-0.25, -0.2) is 4.39 Å². The first kappa shape index (κ1) is 21.6. The molecule has 150 valence electrons. The Morgan fingerprint density at radius 2 is 1.85 bits per heavy atom. The van der Waals surface area contributed by atoms with E-state index in [0.717, 1.165) is 0 Å². The third kappa shape index (κ3) is 7.47. The van der Waals surface area contributed by atoms with Crippen molar-refractivity contribution in [3.8, 4) is 5.75 Å². The monoisotopic (exact) mass is 375 g/mol. The van der Waals surface area contributed by atoms with E-state index in [-0.39, 0.29) is 18.5 Å². The summed E-state index contributed by atoms with van der Waals surface area (Å²) in [6.07, 6.45) is 13.5. The molecule has 0 spiro atoms. The number of benzene rings is 1. The summed E-state index contributed by atoms with van der Waals surface area (Å²) in [5.41, 5.74) is 1.29. The van der Waals surface area contributed by atoms with Gasteiger partial charge < -0.3 is 15.2 Å². The van der Waals surface area contributed by atoms with Crippen LogP contribution in [0.2, 0.25) is 0 Å². The average molecular weight is 376 g/mol. The maximum Gasteiger partial charge on any atom is 0.123 e. The second-order valence-corrected chi connectivity index (χ2v) is 7.34. The SMILES string of the molecule is C/C=C\C(=C/C)C(NCC(O)COc1ccc(F)cc1)C1CCCCCC1. The molecule has 1 fully saturated rings. The Morgan fingerprint density at radius 1 is 1.19 bits per heavy atom. The highest BCUT2D eigenvalue weighted by Gasteiger charge is 2.25. The molecule has 2 atom stereocenters. The molecule has 2 unspecified atom stereocenters. The molecule has 1 aromatic rings. The fourth-order valence-corrected chi connectivity index (χ4v) is 3.82. The van der Waals surface area contributed by atoms with Crippen molar-refractivity contribution in [2.24, 2.45) is 5.92 Å². The van der Waals surface area contributed by atoms with E-state index in [9.17, 15) is 9.50 Å². The number of nitrogens with one attached hydrogen (secondary N) is 1. The van der Waals surface area contributed by atoms with Gasteiger partial charge >= 0.3 is 0 Å². The zero-order valence-corrected chi connectivity index (χ0v) is 16.7. The predicted molar refractivity (Wildman–Crippen MR) is 109 cm³/mol. The van der Waals surface area contributed by atoms with Crippen LogP contribution in [0.15, 0.2) is 48.1 Å². The molecule has 0 heterocycles. The van der Waals surface area contributed by atoms with Crippen LogP contribution in [0, 0.1) is 11.7 Å². The summed E-state index contributed by atoms with van der Waals surface area (Å²) in [5.74, 6) is 0.873. The lowest BCUT2D eigenvalue weighted by Crippen LogP contribution is -2.43. The molecule has 4 heteroatoms. The average Bonchev–Trinajstić information content (AvgIpc) is 2.96. The summed E-state index contributed by atoms with van der Waals surface area (Å²) in [6, 6.07) is 6.13. The molecule has 2 rings (SSSR count). The van der Waals surface area contributed by atoms with E-state index in [2.05, 4.69) is 30.5 Å². The Kier molecular flexibility index (Phi) is 9.57. The van der Waals surface area contributed by atoms with Gasteiger partial charge in [-0.2, -0.15) is 0 Å². The van der Waals surface area contributed by atoms with Gasteiger partial charge in [0, 0.05) is 12.6 Å². The first-order valence-electron chi connectivity index (χ1n) is 10.2. The number of ether oxygens (including phenoxy) is 1. The fraction of sp³-hybridized carbons (Fsp3) is 0.565. The van der Waals surface area contributed by atoms with Crippen molar-refractivity contribution in [3.05, 3.63) is 53.9 Å². The maximum absolute atomic E-state index is 12.9. The molecule has 2 N–H and O–H groups in total. The molecule has 0 aromatic heterocycles. The van der Waals surface area contributed by atoms with Crippen LogP contribution in [0.5, 0.6) is 5.75 Å². The summed E-state index contributed by atoms with van der Waals surface area (Å²) in [5, 5.41) is 13.9. The summed E-state index contributed by atoms with van der Waals surface area (Å²) in [4.78, 5) is 0. The smallest absolute Gasteiger partial charge is 0.123 e. The molecule has 1 aliphatic rings. The molecule has 27 heavy (non-hydrogen) atoms. The zero-order valence-electron chi connectivity index (χ0n) is 16.7. The van der Waals surface area contributed by atoms with Crippen LogP contribution < -0.4 is 10.1 Å². The van der Waals surface area contributed by atoms with Crippen molar-refractivity contribution in [3.63, 3.8) is 0 Å². The van der Waals surface area contributed by atoms with E-state index in [1.165, 1.54) is 56.2 Å². The molecule has 0 bridgehead atoms. The number of aliphatic hydroxyl groups excluding tert-OH is 1. The highest BCUT2D eigenvalue weighted by atomic mass is 19.1. The van der Waals surface area contributed by atoms with Gasteiger partial charge in [-0.05, 0) is 62.4 Å². The second kappa shape index (κ2) is 11.9. The quantitative estimate of drug-likeness (QED) is 0.470. The number of aliphatic hydroxyl groups is 1. The molecule has 1 aromatic carbocycles. The first-order chi connectivity index (χ1) is 13.1. The minimum absolute atomic E-state index is 0.185. The van der Waals surface area contributed by atoms with Crippen LogP contribution in [0.4, 0.5) is 4.39 Å². The summed E-state index contributed by atoms with van der Waals surface area (Å²) < 4.78 is 18.5. The summed E-state index contributed by atoms with van der Waals surface area (Å²) >= 11 is 0. The molecular formula is C23H34FNO2. The van der Waals surface area contributed by atoms with Gasteiger partial charge in [-0.15, -0.1) is 0 Å². The molecule has 0 amide bonds. The number of rotatable bonds is 9. The topological polar surface area (TPSA) is 41.5 Å². The number of allylic oxidation sites excluding steroid dienone is 2. The zero-order chi connectivity index (χ0) is 19.5. The van der Waals surface area contributed by atoms with Crippen molar-refractivity contribution in [1.29, 1.82) is 0 Å². The first-order valence-corrected chi connectivity index (χ1v) is 10.2. The van der Waals surface area contributed by atoms with Gasteiger partial charge in [0.2, 0.25) is 0 Å². The van der Waals surface area contributed by atoms with Crippen LogP contribution in [-0.4, -0.2) is 30.4 Å². The summed E-state index contributed by atoms with van der Waals surface area (Å²) in [6.45, 7) is 4.77. The van der Waals surface area contributed by atoms with Gasteiger partial charge in [0.15, 0.2) is 0 Å². The third-order valence-electron chi connectivity index (χ3n) is 5.25. The minimum Gasteiger partial charge on any atom is -0.491 e. The van der Waals surface area contributed by atoms with Crippen molar-refractivity contribution in [2.75, 3.05) is 13.2 Å². The third-order valence-corrected chi connectivity index (χ3v) is 5.25. The molecule has 1 saturated carbocycles. The van der Waals surface area contributed by atoms with Gasteiger partial charge in [-0.1, -0.05) is 43.9 Å². The van der Waals surface area contributed by atoms with Crippen molar-refractivity contribution < 1.29 is 14.2 Å². The maximum atomic E-state index is 12.9. The van der Waals surface area contributed by atoms with Crippen molar-refractivity contribution >= 4 is 0 Å². The van der Waals surface area contributed by atoms with Crippen LogP contribution in [0.25, 0.3) is 0 Å². The van der Waals surface area contributed by atoms with Crippen LogP contribution in [0.3, 0.4) is 0 Å². The van der Waals surface area contributed by atoms with Gasteiger partial charge in [0.1, 0.15) is 24.3 Å². The highest BCUT2D eigenvalue weighted by molar-refractivity contribution is 5.25. The standard InChI is InChI=1S/C23H34FNO2/c1-3-9-18(4-2)23(19-10-7-5-6-8-11-19)25-16-21(26)17-27-22-14-12-20(24)13-15-22/h3-4,9,12-15,19,21,23,25-26H,5-8,10-11,16-17H2,1-2H3/b9-3-,18-4+.